The maximum atomic E-state index is 16.1. The molecular formula is C48H40N3OP. The van der Waals surface area contributed by atoms with E-state index in [4.69, 9.17) is 9.97 Å². The molecule has 4 aliphatic rings. The van der Waals surface area contributed by atoms with Crippen LogP contribution in [0.25, 0.3) is 28.1 Å². The molecule has 0 amide bonds. The molecule has 2 atom stereocenters. The second-order valence-electron chi connectivity index (χ2n) is 14.6. The van der Waals surface area contributed by atoms with Crippen molar-refractivity contribution in [3.63, 3.8) is 0 Å². The molecular weight excluding hydrogens is 666 g/mol. The predicted molar refractivity (Wildman–Crippen MR) is 218 cm³/mol. The molecule has 1 aromatic heterocycles. The fourth-order valence-corrected chi connectivity index (χ4v) is 12.6. The van der Waals surface area contributed by atoms with Gasteiger partial charge in [0.25, 0.3) is 0 Å². The van der Waals surface area contributed by atoms with Crippen LogP contribution >= 0.6 is 7.14 Å². The summed E-state index contributed by atoms with van der Waals surface area (Å²) in [5, 5.41) is 2.89. The van der Waals surface area contributed by atoms with Gasteiger partial charge in [-0.05, 0) is 60.7 Å². The zero-order chi connectivity index (χ0) is 35.4. The van der Waals surface area contributed by atoms with Gasteiger partial charge in [-0.25, -0.2) is 9.97 Å². The Hall–Kier alpha value is -5.57. The topological polar surface area (TPSA) is 46.1 Å². The van der Waals surface area contributed by atoms with Crippen molar-refractivity contribution in [2.24, 2.45) is 5.92 Å². The smallest absolute Gasteiger partial charge is 0.169 e. The Morgan fingerprint density at radius 1 is 0.642 bits per heavy atom. The Balaban J connectivity index is 1.16. The Labute approximate surface area is 311 Å². The largest absolute Gasteiger partial charge is 0.313 e. The molecule has 1 saturated carbocycles. The maximum Gasteiger partial charge on any atom is 0.169 e. The van der Waals surface area contributed by atoms with Crippen molar-refractivity contribution >= 4 is 34.7 Å². The number of aromatic nitrogens is 2. The van der Waals surface area contributed by atoms with Crippen molar-refractivity contribution in [2.45, 2.75) is 44.4 Å². The Morgan fingerprint density at radius 3 is 2.13 bits per heavy atom. The summed E-state index contributed by atoms with van der Waals surface area (Å²) in [7, 11) is -3.18. The molecule has 0 spiro atoms. The summed E-state index contributed by atoms with van der Waals surface area (Å²) in [6.45, 7) is 0. The fraction of sp³-hybridized carbons (Fsp3) is 0.167. The first-order valence-corrected chi connectivity index (χ1v) is 20.7. The van der Waals surface area contributed by atoms with Gasteiger partial charge >= 0.3 is 0 Å². The first-order valence-electron chi connectivity index (χ1n) is 19.0. The van der Waals surface area contributed by atoms with E-state index in [1.807, 2.05) is 24.3 Å². The summed E-state index contributed by atoms with van der Waals surface area (Å²) in [4.78, 5) is 12.9. The molecule has 0 bridgehead atoms. The van der Waals surface area contributed by atoms with Crippen LogP contribution in [0.5, 0.6) is 0 Å². The third kappa shape index (κ3) is 5.31. The molecule has 3 heterocycles. The van der Waals surface area contributed by atoms with Gasteiger partial charge in [0.05, 0.1) is 17.1 Å². The van der Waals surface area contributed by atoms with Gasteiger partial charge in [0.2, 0.25) is 0 Å². The molecule has 0 N–H and O–H groups in total. The highest BCUT2D eigenvalue weighted by Gasteiger charge is 2.49. The first-order chi connectivity index (χ1) is 26.2. The first kappa shape index (κ1) is 32.1. The summed E-state index contributed by atoms with van der Waals surface area (Å²) < 4.78 is 16.1. The summed E-state index contributed by atoms with van der Waals surface area (Å²) in [6, 6.07) is 48.7. The Bertz CT molecular complexity index is 2510. The molecule has 53 heavy (non-hydrogen) atoms. The van der Waals surface area contributed by atoms with Gasteiger partial charge in [-0.3, -0.25) is 0 Å². The SMILES string of the molecule is O=P1(c2ccccc2)C2=C(c3ccccc3N(c3cccc(-c4cc(-c5ccccc5)nc(C5CCCCC5)n4)c3)C3=CC=CCC32)c2ccccc21. The van der Waals surface area contributed by atoms with Crippen molar-refractivity contribution < 1.29 is 4.57 Å². The lowest BCUT2D eigenvalue weighted by Crippen LogP contribution is -2.26. The molecule has 4 nitrogen and oxygen atoms in total. The second-order valence-corrected chi connectivity index (χ2v) is 17.3. The van der Waals surface area contributed by atoms with E-state index in [-0.39, 0.29) is 5.92 Å². The van der Waals surface area contributed by atoms with Crippen LogP contribution in [-0.4, -0.2) is 9.97 Å². The Morgan fingerprint density at radius 2 is 1.32 bits per heavy atom. The number of nitrogens with zero attached hydrogens (tertiary/aromatic N) is 3. The summed E-state index contributed by atoms with van der Waals surface area (Å²) >= 11 is 0. The number of anilines is 2. The number of hydrogen-bond donors (Lipinski definition) is 0. The number of rotatable bonds is 5. The van der Waals surface area contributed by atoms with Crippen molar-refractivity contribution in [2.75, 3.05) is 4.90 Å². The molecule has 6 aromatic rings. The maximum absolute atomic E-state index is 16.1. The number of fused-ring (bicyclic) bond motifs is 6. The minimum atomic E-state index is -3.18. The zero-order valence-corrected chi connectivity index (χ0v) is 30.5. The second kappa shape index (κ2) is 13.1. The van der Waals surface area contributed by atoms with Gasteiger partial charge in [-0.2, -0.15) is 0 Å². The van der Waals surface area contributed by atoms with Crippen LogP contribution in [0, 0.1) is 5.92 Å². The minimum Gasteiger partial charge on any atom is -0.313 e. The van der Waals surface area contributed by atoms with E-state index in [9.17, 15) is 0 Å². The van der Waals surface area contributed by atoms with E-state index in [1.54, 1.807) is 0 Å². The molecule has 2 aliphatic heterocycles. The van der Waals surface area contributed by atoms with Gasteiger partial charge in [-0.15, -0.1) is 0 Å². The molecule has 0 radical (unpaired) electrons. The van der Waals surface area contributed by atoms with E-state index in [2.05, 4.69) is 138 Å². The van der Waals surface area contributed by atoms with Crippen molar-refractivity contribution in [3.05, 3.63) is 186 Å². The molecule has 2 aliphatic carbocycles. The standard InChI is InChI=1S/C48H40N3OP/c52-53(37-23-8-3-9-24-37)45-30-15-12-27-40(45)46-38-25-10-13-28-43(38)51(44-29-14-11-26-39(44)47(46)53)36-22-16-21-35(31-36)42-32-41(33-17-4-1-5-18-33)49-48(50-42)34-19-6-2-7-20-34/h1,3-5,8-18,21-25,27-32,34,39H,2,6-7,19-20,26H2. The lowest BCUT2D eigenvalue weighted by atomic mass is 9.88. The van der Waals surface area contributed by atoms with Gasteiger partial charge in [-0.1, -0.05) is 147 Å². The third-order valence-corrected chi connectivity index (χ3v) is 14.9. The van der Waals surface area contributed by atoms with Crippen LogP contribution in [0.2, 0.25) is 0 Å². The quantitative estimate of drug-likeness (QED) is 0.168. The Kier molecular flexibility index (Phi) is 7.95. The summed E-state index contributed by atoms with van der Waals surface area (Å²) in [6.07, 6.45) is 13.4. The zero-order valence-electron chi connectivity index (χ0n) is 29.6. The predicted octanol–water partition coefficient (Wildman–Crippen LogP) is 11.6. The van der Waals surface area contributed by atoms with E-state index < -0.39 is 7.14 Å². The monoisotopic (exact) mass is 705 g/mol. The van der Waals surface area contributed by atoms with Crippen LogP contribution in [0.3, 0.4) is 0 Å². The molecule has 258 valence electrons. The molecule has 10 rings (SSSR count). The van der Waals surface area contributed by atoms with Gasteiger partial charge in [0.15, 0.2) is 7.14 Å². The molecule has 5 aromatic carbocycles. The fourth-order valence-electron chi connectivity index (χ4n) is 9.10. The summed E-state index contributed by atoms with van der Waals surface area (Å²) in [5.74, 6) is 1.26. The third-order valence-electron chi connectivity index (χ3n) is 11.5. The molecule has 5 heteroatoms. The van der Waals surface area contributed by atoms with E-state index >= 15 is 4.57 Å². The average Bonchev–Trinajstić information content (AvgIpc) is 3.42. The van der Waals surface area contributed by atoms with E-state index in [0.717, 1.165) is 97.3 Å². The molecule has 1 fully saturated rings. The van der Waals surface area contributed by atoms with Crippen LogP contribution < -0.4 is 15.5 Å². The van der Waals surface area contributed by atoms with Crippen LogP contribution in [0.15, 0.2) is 169 Å². The lowest BCUT2D eigenvalue weighted by Gasteiger charge is -2.35. The number of hydrogen-bond acceptors (Lipinski definition) is 4. The van der Waals surface area contributed by atoms with Crippen LogP contribution in [0.1, 0.15) is 61.4 Å². The highest BCUT2D eigenvalue weighted by Crippen LogP contribution is 2.67. The van der Waals surface area contributed by atoms with Gasteiger partial charge in [0.1, 0.15) is 5.82 Å². The molecule has 0 saturated heterocycles. The van der Waals surface area contributed by atoms with E-state index in [0.29, 0.717) is 5.92 Å². The molecule has 2 unspecified atom stereocenters. The normalized spacial score (nSPS) is 20.6. The van der Waals surface area contributed by atoms with Gasteiger partial charge in [0, 0.05) is 55.8 Å². The van der Waals surface area contributed by atoms with Crippen molar-refractivity contribution in [1.82, 2.24) is 9.97 Å². The number of allylic oxidation sites excluding steroid dienone is 4. The van der Waals surface area contributed by atoms with Crippen LogP contribution in [0.4, 0.5) is 11.4 Å². The van der Waals surface area contributed by atoms with Crippen molar-refractivity contribution in [1.29, 1.82) is 0 Å². The minimum absolute atomic E-state index is 0.0777. The average molecular weight is 706 g/mol. The summed E-state index contributed by atoms with van der Waals surface area (Å²) in [5.41, 5.74) is 10.7. The number of benzene rings is 5. The number of para-hydroxylation sites is 1. The highest BCUT2D eigenvalue weighted by atomic mass is 31.2. The lowest BCUT2D eigenvalue weighted by molar-refractivity contribution is 0.429. The van der Waals surface area contributed by atoms with Crippen molar-refractivity contribution in [3.8, 4) is 22.5 Å². The highest BCUT2D eigenvalue weighted by molar-refractivity contribution is 7.83. The van der Waals surface area contributed by atoms with E-state index in [1.165, 1.54) is 19.3 Å². The van der Waals surface area contributed by atoms with Crippen LogP contribution in [-0.2, 0) is 4.57 Å². The van der Waals surface area contributed by atoms with Gasteiger partial charge < -0.3 is 9.46 Å².